The van der Waals surface area contributed by atoms with E-state index >= 15 is 0 Å². The fraction of sp³-hybridized carbons (Fsp3) is 1.00. The number of thioether (sulfide) groups is 2. The summed E-state index contributed by atoms with van der Waals surface area (Å²) in [6.07, 6.45) is -0.0884. The van der Waals surface area contributed by atoms with Crippen molar-refractivity contribution in [2.24, 2.45) is 0 Å². The van der Waals surface area contributed by atoms with Gasteiger partial charge in [0.2, 0.25) is 11.6 Å². The molecule has 4 nitrogen and oxygen atoms in total. The SMILES string of the molecule is CO[C@]1(C)O[C@@H](CSC(C)(C)C)[C@H](CSC(C)(C)C)O[C@@]1(C)OC. The van der Waals surface area contributed by atoms with Crippen molar-refractivity contribution in [2.45, 2.75) is 88.7 Å². The largest absolute Gasteiger partial charge is 0.349 e. The Balaban J connectivity index is 2.96. The Morgan fingerprint density at radius 2 is 1.04 bits per heavy atom. The van der Waals surface area contributed by atoms with Crippen molar-refractivity contribution in [2.75, 3.05) is 25.7 Å². The van der Waals surface area contributed by atoms with E-state index in [0.29, 0.717) is 0 Å². The van der Waals surface area contributed by atoms with E-state index in [1.807, 2.05) is 37.4 Å². The molecule has 0 bridgehead atoms. The molecule has 4 atom stereocenters. The van der Waals surface area contributed by atoms with Gasteiger partial charge in [-0.3, -0.25) is 0 Å². The molecular formula is C18H36O4S2. The lowest BCUT2D eigenvalue weighted by atomic mass is 10.0. The third-order valence-electron chi connectivity index (χ3n) is 4.13. The molecule has 1 aliphatic rings. The Kier molecular flexibility index (Phi) is 7.58. The van der Waals surface area contributed by atoms with Crippen molar-refractivity contribution in [3.8, 4) is 0 Å². The molecule has 6 heteroatoms. The van der Waals surface area contributed by atoms with Gasteiger partial charge in [0.05, 0.1) is 12.2 Å². The summed E-state index contributed by atoms with van der Waals surface area (Å²) in [5.74, 6) is -0.156. The van der Waals surface area contributed by atoms with Crippen molar-refractivity contribution >= 4 is 23.5 Å². The first-order valence-electron chi connectivity index (χ1n) is 8.49. The maximum absolute atomic E-state index is 6.40. The summed E-state index contributed by atoms with van der Waals surface area (Å²) in [4.78, 5) is 0. The van der Waals surface area contributed by atoms with E-state index in [1.165, 1.54) is 0 Å². The fourth-order valence-electron chi connectivity index (χ4n) is 2.36. The molecule has 144 valence electrons. The molecule has 1 rings (SSSR count). The van der Waals surface area contributed by atoms with Gasteiger partial charge in [-0.25, -0.2) is 0 Å². The Hall–Kier alpha value is 0.540. The first-order valence-corrected chi connectivity index (χ1v) is 10.5. The summed E-state index contributed by atoms with van der Waals surface area (Å²) >= 11 is 3.77. The zero-order valence-corrected chi connectivity index (χ0v) is 18.7. The van der Waals surface area contributed by atoms with Crippen molar-refractivity contribution < 1.29 is 18.9 Å². The van der Waals surface area contributed by atoms with Crippen LogP contribution in [0.4, 0.5) is 0 Å². The zero-order valence-electron chi connectivity index (χ0n) is 17.0. The van der Waals surface area contributed by atoms with Gasteiger partial charge >= 0.3 is 0 Å². The average molecular weight is 381 g/mol. The van der Waals surface area contributed by atoms with Crippen LogP contribution in [0.2, 0.25) is 0 Å². The standard InChI is InChI=1S/C18H36O4S2/c1-15(2,3)23-11-13-14(12-24-16(4,5)6)22-18(8,20-10)17(7,19-9)21-13/h13-14H,11-12H2,1-10H3/t13-,14-,17+,18+/m0/s1. The van der Waals surface area contributed by atoms with Crippen molar-refractivity contribution in [3.05, 3.63) is 0 Å². The molecule has 0 aromatic rings. The van der Waals surface area contributed by atoms with Crippen LogP contribution in [0.5, 0.6) is 0 Å². The summed E-state index contributed by atoms with van der Waals surface area (Å²) in [6, 6.07) is 0. The van der Waals surface area contributed by atoms with Gasteiger partial charge in [-0.2, -0.15) is 23.5 Å². The summed E-state index contributed by atoms with van der Waals surface area (Å²) in [7, 11) is 3.28. The van der Waals surface area contributed by atoms with Gasteiger partial charge < -0.3 is 18.9 Å². The fourth-order valence-corrected chi connectivity index (χ4v) is 4.25. The summed E-state index contributed by atoms with van der Waals surface area (Å²) in [5, 5.41) is 0. The molecule has 0 spiro atoms. The summed E-state index contributed by atoms with van der Waals surface area (Å²) in [6.45, 7) is 17.1. The average Bonchev–Trinajstić information content (AvgIpc) is 2.44. The quantitative estimate of drug-likeness (QED) is 0.672. The second-order valence-corrected chi connectivity index (χ2v) is 12.2. The summed E-state index contributed by atoms with van der Waals surface area (Å²) < 4.78 is 24.5. The van der Waals surface area contributed by atoms with Crippen LogP contribution in [-0.4, -0.2) is 59.0 Å². The van der Waals surface area contributed by atoms with E-state index < -0.39 is 11.6 Å². The highest BCUT2D eigenvalue weighted by atomic mass is 32.2. The molecule has 1 aliphatic heterocycles. The smallest absolute Gasteiger partial charge is 0.220 e. The number of rotatable bonds is 6. The summed E-state index contributed by atoms with van der Waals surface area (Å²) in [5.41, 5.74) is 0. The van der Waals surface area contributed by atoms with Gasteiger partial charge in [0.25, 0.3) is 0 Å². The third kappa shape index (κ3) is 6.06. The molecule has 1 fully saturated rings. The van der Waals surface area contributed by atoms with E-state index in [1.54, 1.807) is 14.2 Å². The van der Waals surface area contributed by atoms with Crippen LogP contribution >= 0.6 is 23.5 Å². The molecule has 1 saturated heterocycles. The second-order valence-electron chi connectivity index (χ2n) is 8.46. The topological polar surface area (TPSA) is 36.9 Å². The molecule has 0 aromatic heterocycles. The molecular weight excluding hydrogens is 344 g/mol. The number of hydrogen-bond acceptors (Lipinski definition) is 6. The lowest BCUT2D eigenvalue weighted by molar-refractivity contribution is -0.442. The molecule has 1 heterocycles. The van der Waals surface area contributed by atoms with Crippen LogP contribution in [0.15, 0.2) is 0 Å². The number of methoxy groups -OCH3 is 2. The number of hydrogen-bond donors (Lipinski definition) is 0. The van der Waals surface area contributed by atoms with Gasteiger partial charge in [-0.1, -0.05) is 41.5 Å². The van der Waals surface area contributed by atoms with Gasteiger partial charge in [0.1, 0.15) is 0 Å². The molecule has 0 radical (unpaired) electrons. The van der Waals surface area contributed by atoms with Crippen LogP contribution < -0.4 is 0 Å². The van der Waals surface area contributed by atoms with Gasteiger partial charge in [0, 0.05) is 35.2 Å². The molecule has 0 amide bonds. The molecule has 0 N–H and O–H groups in total. The minimum Gasteiger partial charge on any atom is -0.349 e. The monoisotopic (exact) mass is 380 g/mol. The van der Waals surface area contributed by atoms with Crippen LogP contribution in [0.3, 0.4) is 0 Å². The zero-order chi connectivity index (χ0) is 18.8. The Morgan fingerprint density at radius 3 is 1.25 bits per heavy atom. The lowest BCUT2D eigenvalue weighted by Gasteiger charge is -2.52. The minimum atomic E-state index is -0.937. The van der Waals surface area contributed by atoms with Crippen molar-refractivity contribution in [3.63, 3.8) is 0 Å². The predicted octanol–water partition coefficient (Wildman–Crippen LogP) is 4.56. The maximum atomic E-state index is 6.40. The Labute approximate surface area is 157 Å². The normalized spacial score (nSPS) is 35.2. The van der Waals surface area contributed by atoms with E-state index in [-0.39, 0.29) is 21.7 Å². The maximum Gasteiger partial charge on any atom is 0.220 e. The number of ether oxygens (including phenoxy) is 4. The predicted molar refractivity (Wildman–Crippen MR) is 105 cm³/mol. The molecule has 24 heavy (non-hydrogen) atoms. The molecule has 0 aliphatic carbocycles. The van der Waals surface area contributed by atoms with Crippen molar-refractivity contribution in [1.82, 2.24) is 0 Å². The van der Waals surface area contributed by atoms with Crippen LogP contribution in [-0.2, 0) is 18.9 Å². The first-order chi connectivity index (χ1) is 10.8. The third-order valence-corrected chi connectivity index (χ3v) is 6.85. The Morgan fingerprint density at radius 1 is 0.750 bits per heavy atom. The highest BCUT2D eigenvalue weighted by Crippen LogP contribution is 2.42. The molecule has 0 aromatic carbocycles. The van der Waals surface area contributed by atoms with E-state index in [0.717, 1.165) is 11.5 Å². The van der Waals surface area contributed by atoms with E-state index in [4.69, 9.17) is 18.9 Å². The van der Waals surface area contributed by atoms with Crippen LogP contribution in [0.25, 0.3) is 0 Å². The second kappa shape index (κ2) is 8.05. The first kappa shape index (κ1) is 22.6. The molecule has 0 saturated carbocycles. The lowest BCUT2D eigenvalue weighted by Crippen LogP contribution is -2.66. The van der Waals surface area contributed by atoms with Crippen LogP contribution in [0.1, 0.15) is 55.4 Å². The molecule has 0 unspecified atom stereocenters. The van der Waals surface area contributed by atoms with Crippen molar-refractivity contribution in [1.29, 1.82) is 0 Å². The van der Waals surface area contributed by atoms with Crippen LogP contribution in [0, 0.1) is 0 Å². The van der Waals surface area contributed by atoms with Gasteiger partial charge in [0.15, 0.2) is 0 Å². The van der Waals surface area contributed by atoms with E-state index in [9.17, 15) is 0 Å². The highest BCUT2D eigenvalue weighted by Gasteiger charge is 2.56. The van der Waals surface area contributed by atoms with Gasteiger partial charge in [-0.15, -0.1) is 0 Å². The minimum absolute atomic E-state index is 0.0442. The Bertz CT molecular complexity index is 367. The van der Waals surface area contributed by atoms with E-state index in [2.05, 4.69) is 41.5 Å². The highest BCUT2D eigenvalue weighted by molar-refractivity contribution is 8.01. The van der Waals surface area contributed by atoms with Gasteiger partial charge in [-0.05, 0) is 13.8 Å².